The summed E-state index contributed by atoms with van der Waals surface area (Å²) in [4.78, 5) is 25.7. The number of amides is 1. The minimum atomic E-state index is -1.00. The fourth-order valence-corrected chi connectivity index (χ4v) is 2.87. The maximum Gasteiger partial charge on any atom is 0.335 e. The minimum Gasteiger partial charge on any atom is -0.478 e. The first kappa shape index (κ1) is 18.3. The summed E-state index contributed by atoms with van der Waals surface area (Å²) < 4.78 is 0. The van der Waals surface area contributed by atoms with Crippen molar-refractivity contribution in [2.45, 2.75) is 45.6 Å². The number of hydrogen-bond acceptors (Lipinski definition) is 4. The monoisotopic (exact) mass is 333 g/mol. The molecule has 1 aliphatic rings. The Morgan fingerprint density at radius 1 is 1.17 bits per heavy atom. The van der Waals surface area contributed by atoms with Crippen LogP contribution in [0.1, 0.15) is 49.9 Å². The fourth-order valence-electron chi connectivity index (χ4n) is 2.87. The van der Waals surface area contributed by atoms with Gasteiger partial charge < -0.3 is 20.6 Å². The molecule has 3 N–H and O–H groups in total. The zero-order chi connectivity index (χ0) is 17.5. The largest absolute Gasteiger partial charge is 0.478 e. The quantitative estimate of drug-likeness (QED) is 0.714. The van der Waals surface area contributed by atoms with Crippen molar-refractivity contribution in [1.29, 1.82) is 0 Å². The molecule has 0 unspecified atom stereocenters. The summed E-state index contributed by atoms with van der Waals surface area (Å²) >= 11 is 0. The van der Waals surface area contributed by atoms with E-state index in [0.29, 0.717) is 12.1 Å². The molecular weight excluding hydrogens is 306 g/mol. The number of carbonyl (C=O) groups is 2. The molecule has 0 spiro atoms. The van der Waals surface area contributed by atoms with E-state index in [0.717, 1.165) is 25.3 Å². The molecule has 1 fully saturated rings. The second kappa shape index (κ2) is 8.68. The lowest BCUT2D eigenvalue weighted by atomic mass is 10.1. The average molecular weight is 333 g/mol. The van der Waals surface area contributed by atoms with Gasteiger partial charge in [0, 0.05) is 19.0 Å². The molecule has 1 aromatic rings. The second-order valence-electron chi connectivity index (χ2n) is 6.57. The standard InChI is InChI=1S/C18H27N3O3/c1-13(2)19-15-7-6-14(18(23)24)12-16(15)20-17(22)8-11-21-9-4-3-5-10-21/h6-7,12-13,19H,3-5,8-11H2,1-2H3,(H,20,22)(H,23,24). The van der Waals surface area contributed by atoms with Crippen molar-refractivity contribution in [2.24, 2.45) is 0 Å². The van der Waals surface area contributed by atoms with Gasteiger partial charge in [-0.2, -0.15) is 0 Å². The molecule has 0 radical (unpaired) electrons. The number of rotatable bonds is 7. The SMILES string of the molecule is CC(C)Nc1ccc(C(=O)O)cc1NC(=O)CCN1CCCCC1. The van der Waals surface area contributed by atoms with Gasteiger partial charge in [-0.3, -0.25) is 4.79 Å². The first-order valence-electron chi connectivity index (χ1n) is 8.62. The molecule has 0 aromatic heterocycles. The summed E-state index contributed by atoms with van der Waals surface area (Å²) in [5.41, 5.74) is 1.42. The number of hydrogen-bond donors (Lipinski definition) is 3. The van der Waals surface area contributed by atoms with E-state index in [1.807, 2.05) is 13.8 Å². The van der Waals surface area contributed by atoms with Gasteiger partial charge in [-0.25, -0.2) is 4.79 Å². The highest BCUT2D eigenvalue weighted by atomic mass is 16.4. The van der Waals surface area contributed by atoms with E-state index in [2.05, 4.69) is 15.5 Å². The Hall–Kier alpha value is -2.08. The molecule has 0 saturated carbocycles. The molecule has 1 saturated heterocycles. The van der Waals surface area contributed by atoms with Crippen LogP contribution in [0.4, 0.5) is 11.4 Å². The lowest BCUT2D eigenvalue weighted by molar-refractivity contribution is -0.116. The molecular formula is C18H27N3O3. The Kier molecular flexibility index (Phi) is 6.61. The van der Waals surface area contributed by atoms with Gasteiger partial charge >= 0.3 is 5.97 Å². The summed E-state index contributed by atoms with van der Waals surface area (Å²) in [5.74, 6) is -1.09. The van der Waals surface area contributed by atoms with Crippen molar-refractivity contribution in [1.82, 2.24) is 4.90 Å². The maximum atomic E-state index is 12.3. The summed E-state index contributed by atoms with van der Waals surface area (Å²) in [7, 11) is 0. The zero-order valence-corrected chi connectivity index (χ0v) is 14.5. The van der Waals surface area contributed by atoms with Gasteiger partial charge in [0.05, 0.1) is 16.9 Å². The normalized spacial score (nSPS) is 15.3. The third kappa shape index (κ3) is 5.53. The highest BCUT2D eigenvalue weighted by Crippen LogP contribution is 2.24. The Labute approximate surface area is 143 Å². The molecule has 1 amide bonds. The van der Waals surface area contributed by atoms with Crippen LogP contribution < -0.4 is 10.6 Å². The molecule has 2 rings (SSSR count). The maximum absolute atomic E-state index is 12.3. The molecule has 0 atom stereocenters. The van der Waals surface area contributed by atoms with E-state index in [1.165, 1.54) is 31.4 Å². The van der Waals surface area contributed by atoms with Crippen LogP contribution in [0.5, 0.6) is 0 Å². The van der Waals surface area contributed by atoms with Crippen LogP contribution in [0.3, 0.4) is 0 Å². The van der Waals surface area contributed by atoms with Crippen molar-refractivity contribution in [3.05, 3.63) is 23.8 Å². The van der Waals surface area contributed by atoms with Gasteiger partial charge in [-0.1, -0.05) is 6.42 Å². The Bertz CT molecular complexity index is 581. The van der Waals surface area contributed by atoms with Gasteiger partial charge in [0.1, 0.15) is 0 Å². The average Bonchev–Trinajstić information content (AvgIpc) is 2.55. The van der Waals surface area contributed by atoms with Gasteiger partial charge in [-0.05, 0) is 58.0 Å². The number of nitrogens with zero attached hydrogens (tertiary/aromatic N) is 1. The number of piperidine rings is 1. The van der Waals surface area contributed by atoms with Crippen molar-refractivity contribution >= 4 is 23.3 Å². The first-order chi connectivity index (χ1) is 11.5. The van der Waals surface area contributed by atoms with E-state index in [9.17, 15) is 9.59 Å². The molecule has 1 heterocycles. The van der Waals surface area contributed by atoms with Crippen LogP contribution in [0.15, 0.2) is 18.2 Å². The third-order valence-electron chi connectivity index (χ3n) is 4.09. The number of benzene rings is 1. The summed E-state index contributed by atoms with van der Waals surface area (Å²) in [6.07, 6.45) is 4.09. The van der Waals surface area contributed by atoms with Gasteiger partial charge in [0.15, 0.2) is 0 Å². The number of nitrogens with one attached hydrogen (secondary N) is 2. The molecule has 0 bridgehead atoms. The predicted octanol–water partition coefficient (Wildman–Crippen LogP) is 3.02. The van der Waals surface area contributed by atoms with E-state index < -0.39 is 5.97 Å². The molecule has 1 aromatic carbocycles. The van der Waals surface area contributed by atoms with E-state index in [-0.39, 0.29) is 17.5 Å². The topological polar surface area (TPSA) is 81.7 Å². The lowest BCUT2D eigenvalue weighted by Crippen LogP contribution is -2.32. The van der Waals surface area contributed by atoms with Crippen LogP contribution in [0, 0.1) is 0 Å². The fraction of sp³-hybridized carbons (Fsp3) is 0.556. The number of anilines is 2. The third-order valence-corrected chi connectivity index (χ3v) is 4.09. The second-order valence-corrected chi connectivity index (χ2v) is 6.57. The lowest BCUT2D eigenvalue weighted by Gasteiger charge is -2.26. The smallest absolute Gasteiger partial charge is 0.335 e. The number of carboxylic acid groups (broad SMARTS) is 1. The molecule has 6 nitrogen and oxygen atoms in total. The summed E-state index contributed by atoms with van der Waals surface area (Å²) in [6.45, 7) is 6.85. The summed E-state index contributed by atoms with van der Waals surface area (Å²) in [6, 6.07) is 4.93. The van der Waals surface area contributed by atoms with Crippen molar-refractivity contribution in [3.8, 4) is 0 Å². The zero-order valence-electron chi connectivity index (χ0n) is 14.5. The van der Waals surface area contributed by atoms with Gasteiger partial charge in [0.25, 0.3) is 0 Å². The van der Waals surface area contributed by atoms with Crippen molar-refractivity contribution < 1.29 is 14.7 Å². The molecule has 24 heavy (non-hydrogen) atoms. The van der Waals surface area contributed by atoms with Crippen LogP contribution in [0.25, 0.3) is 0 Å². The van der Waals surface area contributed by atoms with Crippen LogP contribution >= 0.6 is 0 Å². The van der Waals surface area contributed by atoms with Gasteiger partial charge in [-0.15, -0.1) is 0 Å². The number of carboxylic acids is 1. The Morgan fingerprint density at radius 3 is 2.50 bits per heavy atom. The van der Waals surface area contributed by atoms with E-state index >= 15 is 0 Å². The van der Waals surface area contributed by atoms with E-state index in [4.69, 9.17) is 5.11 Å². The van der Waals surface area contributed by atoms with E-state index in [1.54, 1.807) is 6.07 Å². The van der Waals surface area contributed by atoms with Crippen LogP contribution in [0.2, 0.25) is 0 Å². The minimum absolute atomic E-state index is 0.0880. The molecule has 1 aliphatic heterocycles. The van der Waals surface area contributed by atoms with Crippen molar-refractivity contribution in [3.63, 3.8) is 0 Å². The number of carbonyl (C=O) groups excluding carboxylic acids is 1. The Balaban J connectivity index is 2.00. The molecule has 0 aliphatic carbocycles. The first-order valence-corrected chi connectivity index (χ1v) is 8.62. The molecule has 132 valence electrons. The number of aromatic carboxylic acids is 1. The molecule has 6 heteroatoms. The summed E-state index contributed by atoms with van der Waals surface area (Å²) in [5, 5.41) is 15.2. The van der Waals surface area contributed by atoms with Crippen molar-refractivity contribution in [2.75, 3.05) is 30.3 Å². The van der Waals surface area contributed by atoms with Crippen LogP contribution in [-0.2, 0) is 4.79 Å². The number of likely N-dealkylation sites (tertiary alicyclic amines) is 1. The van der Waals surface area contributed by atoms with Crippen LogP contribution in [-0.4, -0.2) is 47.6 Å². The van der Waals surface area contributed by atoms with Gasteiger partial charge in [0.2, 0.25) is 5.91 Å². The predicted molar refractivity (Wildman–Crippen MR) is 95.7 cm³/mol. The highest BCUT2D eigenvalue weighted by molar-refractivity contribution is 5.97. The highest BCUT2D eigenvalue weighted by Gasteiger charge is 2.14. The Morgan fingerprint density at radius 2 is 1.88 bits per heavy atom.